The first-order chi connectivity index (χ1) is 17.8. The average Bonchev–Trinajstić information content (AvgIpc) is 2.89. The molecule has 3 aromatic carbocycles. The molecule has 188 valence electrons. The van der Waals surface area contributed by atoms with Gasteiger partial charge in [0.2, 0.25) is 5.75 Å². The molecule has 1 aromatic heterocycles. The molecule has 4 rings (SSSR count). The number of carbonyl (C=O) groups is 1. The number of nitro benzene ring substituents is 1. The minimum Gasteiger partial charge on any atom is -0.490 e. The van der Waals surface area contributed by atoms with Crippen molar-refractivity contribution in [3.05, 3.63) is 92.8 Å². The molecule has 0 unspecified atom stereocenters. The van der Waals surface area contributed by atoms with Crippen LogP contribution in [0.3, 0.4) is 0 Å². The number of carboxylic acid groups (broad SMARTS) is 1. The fourth-order valence-corrected chi connectivity index (χ4v) is 3.56. The van der Waals surface area contributed by atoms with Crippen molar-refractivity contribution in [1.82, 2.24) is 9.66 Å². The quantitative estimate of drug-likeness (QED) is 0.204. The number of aromatic nitrogens is 2. The van der Waals surface area contributed by atoms with Gasteiger partial charge in [-0.15, -0.1) is 0 Å². The maximum absolute atomic E-state index is 13.3. The molecule has 11 nitrogen and oxygen atoms in total. The van der Waals surface area contributed by atoms with E-state index in [0.717, 1.165) is 10.7 Å². The van der Waals surface area contributed by atoms with Gasteiger partial charge in [0, 0.05) is 17.2 Å². The van der Waals surface area contributed by atoms with E-state index in [1.807, 2.05) is 6.07 Å². The molecule has 1 atom stereocenters. The van der Waals surface area contributed by atoms with Crippen LogP contribution in [0, 0.1) is 10.1 Å². The lowest BCUT2D eigenvalue weighted by Crippen LogP contribution is -2.23. The second kappa shape index (κ2) is 10.7. The van der Waals surface area contributed by atoms with E-state index < -0.39 is 28.2 Å². The highest BCUT2D eigenvalue weighted by Gasteiger charge is 2.26. The number of aliphatic carboxylic acids is 1. The Morgan fingerprint density at radius 1 is 1.19 bits per heavy atom. The number of rotatable bonds is 9. The molecule has 1 heterocycles. The van der Waals surface area contributed by atoms with E-state index in [1.165, 1.54) is 19.2 Å². The summed E-state index contributed by atoms with van der Waals surface area (Å²) in [6.07, 6.45) is -0.0855. The molecule has 0 saturated heterocycles. The van der Waals surface area contributed by atoms with Gasteiger partial charge >= 0.3 is 11.7 Å². The summed E-state index contributed by atoms with van der Waals surface area (Å²) < 4.78 is 12.0. The van der Waals surface area contributed by atoms with Crippen molar-refractivity contribution in [2.75, 3.05) is 6.61 Å². The Hall–Kier alpha value is -5.06. The third-order valence-corrected chi connectivity index (χ3v) is 5.30. The van der Waals surface area contributed by atoms with Crippen LogP contribution in [0.15, 0.2) is 76.6 Å². The van der Waals surface area contributed by atoms with Crippen LogP contribution >= 0.6 is 0 Å². The van der Waals surface area contributed by atoms with Gasteiger partial charge in [0.15, 0.2) is 17.7 Å². The van der Waals surface area contributed by atoms with Crippen molar-refractivity contribution >= 4 is 28.8 Å². The van der Waals surface area contributed by atoms with Gasteiger partial charge < -0.3 is 14.6 Å². The number of nitro groups is 1. The number of carboxylic acids is 1. The van der Waals surface area contributed by atoms with E-state index in [-0.39, 0.29) is 29.5 Å². The van der Waals surface area contributed by atoms with Crippen molar-refractivity contribution in [3.63, 3.8) is 0 Å². The highest BCUT2D eigenvalue weighted by molar-refractivity contribution is 5.84. The second-order valence-electron chi connectivity index (χ2n) is 7.84. The third-order valence-electron chi connectivity index (χ3n) is 5.30. The van der Waals surface area contributed by atoms with Gasteiger partial charge in [-0.25, -0.2) is 9.78 Å². The van der Waals surface area contributed by atoms with Crippen LogP contribution in [0.1, 0.15) is 19.4 Å². The summed E-state index contributed by atoms with van der Waals surface area (Å²) in [4.78, 5) is 40.3. The Morgan fingerprint density at radius 2 is 1.89 bits per heavy atom. The Balaban J connectivity index is 1.87. The molecular formula is C26H22N4O7. The van der Waals surface area contributed by atoms with Crippen molar-refractivity contribution < 1.29 is 24.3 Å². The van der Waals surface area contributed by atoms with Gasteiger partial charge in [-0.3, -0.25) is 14.9 Å². The van der Waals surface area contributed by atoms with Gasteiger partial charge in [-0.1, -0.05) is 42.5 Å². The summed E-state index contributed by atoms with van der Waals surface area (Å²) in [5.41, 5.74) is 0.448. The van der Waals surface area contributed by atoms with Crippen LogP contribution < -0.4 is 15.0 Å². The lowest BCUT2D eigenvalue weighted by Gasteiger charge is -2.15. The van der Waals surface area contributed by atoms with Crippen molar-refractivity contribution in [1.29, 1.82) is 0 Å². The number of hydrogen-bond acceptors (Lipinski definition) is 8. The summed E-state index contributed by atoms with van der Waals surface area (Å²) in [6, 6.07) is 18.5. The van der Waals surface area contributed by atoms with Gasteiger partial charge in [0.05, 0.1) is 28.6 Å². The molecule has 0 bridgehead atoms. The molecule has 0 aliphatic rings. The lowest BCUT2D eigenvalue weighted by molar-refractivity contribution is -0.386. The van der Waals surface area contributed by atoms with Gasteiger partial charge in [0.25, 0.3) is 5.56 Å². The second-order valence-corrected chi connectivity index (χ2v) is 7.84. The van der Waals surface area contributed by atoms with Crippen molar-refractivity contribution in [3.8, 4) is 22.9 Å². The number of nitrogens with zero attached hydrogens (tertiary/aromatic N) is 4. The predicted octanol–water partition coefficient (Wildman–Crippen LogP) is 4.10. The molecule has 4 aromatic rings. The normalized spacial score (nSPS) is 11.9. The van der Waals surface area contributed by atoms with E-state index in [4.69, 9.17) is 9.47 Å². The van der Waals surface area contributed by atoms with Crippen LogP contribution in [0.2, 0.25) is 0 Å². The fraction of sp³-hybridized carbons (Fsp3) is 0.154. The SMILES string of the molecule is CCOc1cc(C=Nn2c(-c3ccccc3)nc3ccccc3c2=O)cc([N+](=O)[O-])c1O[C@H](C)C(=O)O. The maximum Gasteiger partial charge on any atom is 0.344 e. The minimum absolute atomic E-state index is 0.0292. The first-order valence-corrected chi connectivity index (χ1v) is 11.3. The maximum atomic E-state index is 13.3. The average molecular weight is 502 g/mol. The van der Waals surface area contributed by atoms with E-state index in [1.54, 1.807) is 55.5 Å². The van der Waals surface area contributed by atoms with E-state index in [9.17, 15) is 24.8 Å². The highest BCUT2D eigenvalue weighted by Crippen LogP contribution is 2.39. The Bertz CT molecular complexity index is 1560. The molecule has 37 heavy (non-hydrogen) atoms. The summed E-state index contributed by atoms with van der Waals surface area (Å²) >= 11 is 0. The van der Waals surface area contributed by atoms with Crippen LogP contribution in [-0.2, 0) is 4.79 Å². The smallest absolute Gasteiger partial charge is 0.344 e. The van der Waals surface area contributed by atoms with Crippen LogP contribution in [0.4, 0.5) is 5.69 Å². The Labute approximate surface area is 210 Å². The predicted molar refractivity (Wildman–Crippen MR) is 136 cm³/mol. The molecule has 0 fully saturated rings. The summed E-state index contributed by atoms with van der Waals surface area (Å²) in [6.45, 7) is 3.06. The number of ether oxygens (including phenoxy) is 2. The summed E-state index contributed by atoms with van der Waals surface area (Å²) in [7, 11) is 0. The molecule has 0 saturated carbocycles. The monoisotopic (exact) mass is 502 g/mol. The van der Waals surface area contributed by atoms with Crippen molar-refractivity contribution in [2.45, 2.75) is 20.0 Å². The molecule has 0 spiro atoms. The van der Waals surface area contributed by atoms with E-state index >= 15 is 0 Å². The molecule has 0 aliphatic carbocycles. The highest BCUT2D eigenvalue weighted by atomic mass is 16.6. The first-order valence-electron chi connectivity index (χ1n) is 11.3. The fourth-order valence-electron chi connectivity index (χ4n) is 3.56. The number of fused-ring (bicyclic) bond motifs is 1. The summed E-state index contributed by atoms with van der Waals surface area (Å²) in [5.74, 6) is -1.35. The molecule has 0 radical (unpaired) electrons. The minimum atomic E-state index is -1.35. The van der Waals surface area contributed by atoms with E-state index in [0.29, 0.717) is 16.5 Å². The van der Waals surface area contributed by atoms with Crippen LogP contribution in [0.5, 0.6) is 11.5 Å². The van der Waals surface area contributed by atoms with Crippen LogP contribution in [-0.4, -0.2) is 44.6 Å². The van der Waals surface area contributed by atoms with Crippen LogP contribution in [0.25, 0.3) is 22.3 Å². The Morgan fingerprint density at radius 3 is 2.57 bits per heavy atom. The zero-order chi connectivity index (χ0) is 26.5. The van der Waals surface area contributed by atoms with Crippen molar-refractivity contribution in [2.24, 2.45) is 5.10 Å². The largest absolute Gasteiger partial charge is 0.490 e. The molecule has 0 aliphatic heterocycles. The standard InChI is InChI=1S/C26H22N4O7/c1-3-36-22-14-17(13-21(30(34)35)23(22)37-16(2)26(32)33)15-27-29-24(18-9-5-4-6-10-18)28-20-12-8-7-11-19(20)25(29)31/h4-16H,3H2,1-2H3,(H,32,33)/t16-/m1/s1. The zero-order valence-corrected chi connectivity index (χ0v) is 19.9. The lowest BCUT2D eigenvalue weighted by atomic mass is 10.1. The first kappa shape index (κ1) is 25.0. The number of benzene rings is 3. The summed E-state index contributed by atoms with van der Waals surface area (Å²) in [5, 5.41) is 25.7. The molecular weight excluding hydrogens is 480 g/mol. The third kappa shape index (κ3) is 5.30. The molecule has 1 N–H and O–H groups in total. The molecule has 11 heteroatoms. The zero-order valence-electron chi connectivity index (χ0n) is 19.9. The van der Waals surface area contributed by atoms with E-state index in [2.05, 4.69) is 10.1 Å². The topological polar surface area (TPSA) is 146 Å². The Kier molecular flexibility index (Phi) is 7.23. The van der Waals surface area contributed by atoms with Gasteiger partial charge in [-0.2, -0.15) is 9.78 Å². The number of para-hydroxylation sites is 1. The van der Waals surface area contributed by atoms with Gasteiger partial charge in [-0.05, 0) is 32.0 Å². The molecule has 0 amide bonds. The number of hydrogen-bond donors (Lipinski definition) is 1. The van der Waals surface area contributed by atoms with Gasteiger partial charge in [0.1, 0.15) is 0 Å².